The highest BCUT2D eigenvalue weighted by molar-refractivity contribution is 5.53. The van der Waals surface area contributed by atoms with Crippen LogP contribution in [0.25, 0.3) is 0 Å². The molecule has 2 aromatic heterocycles. The van der Waals surface area contributed by atoms with Crippen molar-refractivity contribution in [3.63, 3.8) is 0 Å². The number of hydrogen-bond donors (Lipinski definition) is 2. The Morgan fingerprint density at radius 3 is 2.64 bits per heavy atom. The smallest absolute Gasteiger partial charge is 0.274 e. The monoisotopic (exact) mass is 379 g/mol. The highest BCUT2D eigenvalue weighted by atomic mass is 16.3. The highest BCUT2D eigenvalue weighted by Crippen LogP contribution is 2.19. The molecule has 1 aliphatic rings. The molecular formula is C21H25N5O2. The number of hydrogen-bond acceptors (Lipinski definition) is 6. The number of nitrogens with one attached hydrogen (secondary N) is 2. The second-order valence-corrected chi connectivity index (χ2v) is 7.49. The Bertz CT molecular complexity index is 942. The fraction of sp³-hybridized carbons (Fsp3) is 0.381. The molecular weight excluding hydrogens is 354 g/mol. The van der Waals surface area contributed by atoms with Crippen molar-refractivity contribution < 1.29 is 4.42 Å². The van der Waals surface area contributed by atoms with Crippen LogP contribution in [0.5, 0.6) is 0 Å². The number of anilines is 2. The lowest BCUT2D eigenvalue weighted by Gasteiger charge is -2.30. The molecule has 1 fully saturated rings. The van der Waals surface area contributed by atoms with E-state index in [0.717, 1.165) is 18.2 Å². The standard InChI is InChI=1S/C21H25N5O2/c1-15-8-10-26(11-9-15)14-16-4-6-17(7-5-16)22-21-23-20(27)19(24-25-21)13-18-3-2-12-28-18/h2-7,12,15H,8-11,13-14H2,1H3,(H2,22,23,25,27). The number of likely N-dealkylation sites (tertiary alicyclic amines) is 1. The van der Waals surface area contributed by atoms with Crippen molar-refractivity contribution in [1.82, 2.24) is 20.1 Å². The van der Waals surface area contributed by atoms with Gasteiger partial charge in [-0.25, -0.2) is 0 Å². The Hall–Kier alpha value is -2.93. The lowest BCUT2D eigenvalue weighted by molar-refractivity contribution is 0.185. The van der Waals surface area contributed by atoms with Crippen LogP contribution >= 0.6 is 0 Å². The van der Waals surface area contributed by atoms with Crippen LogP contribution in [-0.4, -0.2) is 33.2 Å². The van der Waals surface area contributed by atoms with Crippen molar-refractivity contribution in [3.05, 3.63) is 70.0 Å². The van der Waals surface area contributed by atoms with Crippen LogP contribution in [-0.2, 0) is 13.0 Å². The third-order valence-electron chi connectivity index (χ3n) is 5.19. The summed E-state index contributed by atoms with van der Waals surface area (Å²) in [6, 6.07) is 11.8. The Morgan fingerprint density at radius 1 is 1.18 bits per heavy atom. The maximum atomic E-state index is 12.2. The van der Waals surface area contributed by atoms with E-state index in [9.17, 15) is 4.79 Å². The molecule has 0 unspecified atom stereocenters. The Kier molecular flexibility index (Phi) is 5.53. The summed E-state index contributed by atoms with van der Waals surface area (Å²) in [6.07, 6.45) is 4.45. The van der Waals surface area contributed by atoms with Crippen LogP contribution in [0.4, 0.5) is 11.6 Å². The maximum Gasteiger partial charge on any atom is 0.274 e. The van der Waals surface area contributed by atoms with Gasteiger partial charge in [-0.2, -0.15) is 0 Å². The van der Waals surface area contributed by atoms with Gasteiger partial charge in [-0.3, -0.25) is 14.7 Å². The summed E-state index contributed by atoms with van der Waals surface area (Å²) in [5.74, 6) is 1.85. The van der Waals surface area contributed by atoms with Gasteiger partial charge in [-0.1, -0.05) is 19.1 Å². The number of rotatable bonds is 6. The molecule has 1 saturated heterocycles. The molecule has 0 saturated carbocycles. The van der Waals surface area contributed by atoms with Gasteiger partial charge in [0.15, 0.2) is 0 Å². The lowest BCUT2D eigenvalue weighted by Crippen LogP contribution is -2.32. The van der Waals surface area contributed by atoms with E-state index in [1.165, 1.54) is 31.5 Å². The summed E-state index contributed by atoms with van der Waals surface area (Å²) in [6.45, 7) is 5.64. The van der Waals surface area contributed by atoms with E-state index in [1.807, 2.05) is 12.1 Å². The van der Waals surface area contributed by atoms with Crippen LogP contribution in [0.1, 0.15) is 36.8 Å². The molecule has 0 bridgehead atoms. The molecule has 3 heterocycles. The van der Waals surface area contributed by atoms with Crippen molar-refractivity contribution in [1.29, 1.82) is 0 Å². The van der Waals surface area contributed by atoms with Gasteiger partial charge >= 0.3 is 0 Å². The van der Waals surface area contributed by atoms with Gasteiger partial charge < -0.3 is 9.73 Å². The van der Waals surface area contributed by atoms with Crippen molar-refractivity contribution >= 4 is 11.6 Å². The first-order valence-corrected chi connectivity index (χ1v) is 9.72. The minimum absolute atomic E-state index is 0.273. The molecule has 7 heteroatoms. The van der Waals surface area contributed by atoms with E-state index >= 15 is 0 Å². The Morgan fingerprint density at radius 2 is 1.96 bits per heavy atom. The minimum atomic E-state index is -0.273. The van der Waals surface area contributed by atoms with Crippen LogP contribution in [0.2, 0.25) is 0 Å². The van der Waals surface area contributed by atoms with E-state index in [1.54, 1.807) is 18.4 Å². The van der Waals surface area contributed by atoms with E-state index in [2.05, 4.69) is 44.5 Å². The summed E-state index contributed by atoms with van der Waals surface area (Å²) in [5.41, 5.74) is 2.20. The molecule has 28 heavy (non-hydrogen) atoms. The zero-order valence-corrected chi connectivity index (χ0v) is 16.0. The third kappa shape index (κ3) is 4.67. The molecule has 0 amide bonds. The normalized spacial score (nSPS) is 15.6. The quantitative estimate of drug-likeness (QED) is 0.683. The number of furan rings is 1. The molecule has 146 valence electrons. The third-order valence-corrected chi connectivity index (χ3v) is 5.19. The fourth-order valence-corrected chi connectivity index (χ4v) is 3.42. The summed E-state index contributed by atoms with van der Waals surface area (Å²) >= 11 is 0. The van der Waals surface area contributed by atoms with E-state index in [0.29, 0.717) is 23.8 Å². The molecule has 3 aromatic rings. The SMILES string of the molecule is CC1CCN(Cc2ccc(Nc3nnc(Cc4ccco4)c(=O)[nH]3)cc2)CC1. The van der Waals surface area contributed by atoms with Gasteiger partial charge in [-0.15, -0.1) is 10.2 Å². The number of H-pyrrole nitrogens is 1. The minimum Gasteiger partial charge on any atom is -0.469 e. The average Bonchev–Trinajstić information content (AvgIpc) is 3.21. The van der Waals surface area contributed by atoms with Crippen molar-refractivity contribution in [3.8, 4) is 0 Å². The number of nitrogens with zero attached hydrogens (tertiary/aromatic N) is 3. The molecule has 7 nitrogen and oxygen atoms in total. The molecule has 2 N–H and O–H groups in total. The summed E-state index contributed by atoms with van der Waals surface area (Å²) in [7, 11) is 0. The first-order valence-electron chi connectivity index (χ1n) is 9.72. The second-order valence-electron chi connectivity index (χ2n) is 7.49. The largest absolute Gasteiger partial charge is 0.469 e. The summed E-state index contributed by atoms with van der Waals surface area (Å²) in [5, 5.41) is 11.2. The van der Waals surface area contributed by atoms with Gasteiger partial charge in [-0.05, 0) is 61.7 Å². The summed E-state index contributed by atoms with van der Waals surface area (Å²) < 4.78 is 5.25. The molecule has 0 radical (unpaired) electrons. The van der Waals surface area contributed by atoms with E-state index < -0.39 is 0 Å². The molecule has 0 atom stereocenters. The van der Waals surface area contributed by atoms with Gasteiger partial charge in [0.1, 0.15) is 11.5 Å². The lowest BCUT2D eigenvalue weighted by atomic mass is 9.99. The number of aromatic amines is 1. The highest BCUT2D eigenvalue weighted by Gasteiger charge is 2.15. The Balaban J connectivity index is 1.36. The second kappa shape index (κ2) is 8.39. The van der Waals surface area contributed by atoms with Gasteiger partial charge in [0, 0.05) is 12.2 Å². The number of piperidine rings is 1. The van der Waals surface area contributed by atoms with Crippen LogP contribution in [0.15, 0.2) is 51.9 Å². The van der Waals surface area contributed by atoms with Gasteiger partial charge in [0.2, 0.25) is 5.95 Å². The van der Waals surface area contributed by atoms with Crippen LogP contribution < -0.4 is 10.9 Å². The zero-order valence-electron chi connectivity index (χ0n) is 16.0. The molecule has 1 aromatic carbocycles. The predicted molar refractivity (Wildman–Crippen MR) is 108 cm³/mol. The molecule has 0 aliphatic carbocycles. The zero-order chi connectivity index (χ0) is 19.3. The topological polar surface area (TPSA) is 87.0 Å². The Labute approximate surface area is 163 Å². The van der Waals surface area contributed by atoms with E-state index in [-0.39, 0.29) is 5.56 Å². The number of aromatic nitrogens is 3. The van der Waals surface area contributed by atoms with Gasteiger partial charge in [0.05, 0.1) is 12.7 Å². The van der Waals surface area contributed by atoms with Gasteiger partial charge in [0.25, 0.3) is 5.56 Å². The first kappa shape index (κ1) is 18.4. The predicted octanol–water partition coefficient (Wildman–Crippen LogP) is 3.32. The van der Waals surface area contributed by atoms with Crippen molar-refractivity contribution in [2.75, 3.05) is 18.4 Å². The molecule has 0 spiro atoms. The fourth-order valence-electron chi connectivity index (χ4n) is 3.42. The van der Waals surface area contributed by atoms with Crippen molar-refractivity contribution in [2.24, 2.45) is 5.92 Å². The van der Waals surface area contributed by atoms with Crippen molar-refractivity contribution in [2.45, 2.75) is 32.7 Å². The number of benzene rings is 1. The summed E-state index contributed by atoms with van der Waals surface area (Å²) in [4.78, 5) is 17.4. The van der Waals surface area contributed by atoms with Crippen LogP contribution in [0.3, 0.4) is 0 Å². The first-order chi connectivity index (χ1) is 13.7. The maximum absolute atomic E-state index is 12.2. The molecule has 4 rings (SSSR count). The average molecular weight is 379 g/mol. The van der Waals surface area contributed by atoms with Crippen LogP contribution in [0, 0.1) is 5.92 Å². The van der Waals surface area contributed by atoms with E-state index in [4.69, 9.17) is 4.42 Å². The molecule has 1 aliphatic heterocycles.